The average Bonchev–Trinajstić information content (AvgIpc) is 2.67. The molecule has 0 saturated heterocycles. The predicted molar refractivity (Wildman–Crippen MR) is 120 cm³/mol. The van der Waals surface area contributed by atoms with Gasteiger partial charge in [0.25, 0.3) is 25.9 Å². The van der Waals surface area contributed by atoms with E-state index in [0.29, 0.717) is 17.2 Å². The molecule has 0 heterocycles. The Morgan fingerprint density at radius 2 is 1.39 bits per heavy atom. The molecule has 0 spiro atoms. The Labute approximate surface area is 191 Å². The Bertz CT molecular complexity index is 1370. The molecule has 3 aromatic carbocycles. The maximum atomic E-state index is 12.0. The fourth-order valence-corrected chi connectivity index (χ4v) is 4.89. The lowest BCUT2D eigenvalue weighted by Gasteiger charge is -2.14. The lowest BCUT2D eigenvalue weighted by molar-refractivity contribution is -0.384. The summed E-state index contributed by atoms with van der Waals surface area (Å²) in [4.78, 5) is 8.89. The number of benzene rings is 3. The molecule has 31 heavy (non-hydrogen) atoms. The van der Waals surface area contributed by atoms with E-state index in [1.165, 1.54) is 30.3 Å². The first kappa shape index (κ1) is 23.3. The van der Waals surface area contributed by atoms with Crippen LogP contribution in [-0.4, -0.2) is 30.9 Å². The summed E-state index contributed by atoms with van der Waals surface area (Å²) in [5.41, 5.74) is 0.837. The van der Waals surface area contributed by atoms with Gasteiger partial charge in [0.1, 0.15) is 4.90 Å². The van der Waals surface area contributed by atoms with Gasteiger partial charge in [0.05, 0.1) is 9.82 Å². The Morgan fingerprint density at radius 1 is 0.839 bits per heavy atom. The van der Waals surface area contributed by atoms with Crippen LogP contribution in [-0.2, 0) is 26.7 Å². The molecule has 0 unspecified atom stereocenters. The van der Waals surface area contributed by atoms with Gasteiger partial charge in [0.2, 0.25) is 0 Å². The third-order valence-corrected chi connectivity index (χ3v) is 6.96. The molecule has 162 valence electrons. The summed E-state index contributed by atoms with van der Waals surface area (Å²) in [6.07, 6.45) is -0.0732. The molecule has 2 N–H and O–H groups in total. The molecule has 0 bridgehead atoms. The third kappa shape index (κ3) is 5.46. The van der Waals surface area contributed by atoms with Crippen molar-refractivity contribution in [1.82, 2.24) is 0 Å². The van der Waals surface area contributed by atoms with Crippen molar-refractivity contribution in [2.24, 2.45) is 0 Å². The van der Waals surface area contributed by atoms with Crippen LogP contribution >= 0.6 is 22.6 Å². The average molecular weight is 575 g/mol. The highest BCUT2D eigenvalue weighted by molar-refractivity contribution is 14.1. The summed E-state index contributed by atoms with van der Waals surface area (Å²) in [5, 5.41) is 10.8. The minimum Gasteiger partial charge on any atom is -0.282 e. The molecule has 0 saturated carbocycles. The minimum absolute atomic E-state index is 0.0446. The van der Waals surface area contributed by atoms with Crippen molar-refractivity contribution in [1.29, 1.82) is 0 Å². The molecule has 0 aromatic heterocycles. The van der Waals surface area contributed by atoms with E-state index in [2.05, 4.69) is 22.6 Å². The second-order valence-corrected chi connectivity index (χ2v) is 10.5. The van der Waals surface area contributed by atoms with E-state index < -0.39 is 35.0 Å². The second-order valence-electron chi connectivity index (χ2n) is 6.51. The Kier molecular flexibility index (Phi) is 6.48. The first-order valence-electron chi connectivity index (χ1n) is 8.47. The first-order valence-corrected chi connectivity index (χ1v) is 12.4. The minimum atomic E-state index is -4.85. The van der Waals surface area contributed by atoms with Crippen LogP contribution in [0.1, 0.15) is 11.1 Å². The highest BCUT2D eigenvalue weighted by atomic mass is 127. The smallest absolute Gasteiger partial charge is 0.282 e. The zero-order valence-corrected chi connectivity index (χ0v) is 19.3. The van der Waals surface area contributed by atoms with Crippen molar-refractivity contribution in [3.8, 4) is 11.1 Å². The summed E-state index contributed by atoms with van der Waals surface area (Å²) < 4.78 is 68.0. The summed E-state index contributed by atoms with van der Waals surface area (Å²) in [7, 11) is -9.68. The number of non-ortho nitro benzene ring substituents is 1. The van der Waals surface area contributed by atoms with Crippen molar-refractivity contribution in [2.75, 3.05) is 0 Å². The Morgan fingerprint density at radius 3 is 1.87 bits per heavy atom. The largest absolute Gasteiger partial charge is 0.295 e. The van der Waals surface area contributed by atoms with Crippen molar-refractivity contribution in [3.05, 3.63) is 85.5 Å². The van der Waals surface area contributed by atoms with E-state index in [4.69, 9.17) is 0 Å². The Balaban J connectivity index is 2.24. The molecule has 0 radical (unpaired) electrons. The van der Waals surface area contributed by atoms with Crippen LogP contribution in [0.5, 0.6) is 0 Å². The number of nitro benzene ring substituents is 1. The van der Waals surface area contributed by atoms with Gasteiger partial charge in [-0.25, -0.2) is 0 Å². The van der Waals surface area contributed by atoms with Crippen molar-refractivity contribution in [2.45, 2.75) is 16.2 Å². The Hall–Kier alpha value is -2.39. The predicted octanol–water partition coefficient (Wildman–Crippen LogP) is 3.95. The second kappa shape index (κ2) is 8.63. The molecule has 0 aliphatic rings. The number of hydrogen-bond acceptors (Lipinski definition) is 6. The SMILES string of the molecule is O=[N+]([O-])c1ccc(Cc2cc(-c3ccc(I)cc3)c(S(=O)(=O)O)cc2S(=O)(=O)O)cc1. The normalized spacial score (nSPS) is 12.0. The standard InChI is InChI=1S/C19H14INO8S2/c20-15-5-3-13(4-6-15)17-10-14(9-12-1-7-16(8-2-12)21(22)23)18(30(24,25)26)11-19(17)31(27,28)29/h1-8,10-11H,9H2,(H,24,25,26)(H,27,28,29). The molecule has 3 aromatic rings. The van der Waals surface area contributed by atoms with Gasteiger partial charge in [0.15, 0.2) is 0 Å². The van der Waals surface area contributed by atoms with Gasteiger partial charge in [-0.2, -0.15) is 16.8 Å². The topological polar surface area (TPSA) is 152 Å². The quantitative estimate of drug-likeness (QED) is 0.194. The van der Waals surface area contributed by atoms with Gasteiger partial charge in [-0.3, -0.25) is 19.2 Å². The molecular formula is C19H14INO8S2. The molecule has 0 aliphatic carbocycles. The first-order chi connectivity index (χ1) is 14.4. The van der Waals surface area contributed by atoms with E-state index in [9.17, 15) is 36.1 Å². The zero-order chi connectivity index (χ0) is 23.0. The van der Waals surface area contributed by atoms with Gasteiger partial charge in [-0.1, -0.05) is 24.3 Å². The molecule has 12 heteroatoms. The highest BCUT2D eigenvalue weighted by Gasteiger charge is 2.25. The fourth-order valence-electron chi connectivity index (χ4n) is 3.01. The van der Waals surface area contributed by atoms with Crippen molar-refractivity contribution >= 4 is 48.5 Å². The molecule has 0 fully saturated rings. The van der Waals surface area contributed by atoms with E-state index in [-0.39, 0.29) is 23.2 Å². The maximum absolute atomic E-state index is 12.0. The number of hydrogen-bond donors (Lipinski definition) is 2. The lowest BCUT2D eigenvalue weighted by Crippen LogP contribution is -2.09. The molecule has 9 nitrogen and oxygen atoms in total. The van der Waals surface area contributed by atoms with Crippen LogP contribution in [0.3, 0.4) is 0 Å². The van der Waals surface area contributed by atoms with E-state index in [1.807, 2.05) is 0 Å². The summed E-state index contributed by atoms with van der Waals surface area (Å²) in [5.74, 6) is 0. The summed E-state index contributed by atoms with van der Waals surface area (Å²) in [6, 6.07) is 13.9. The molecular weight excluding hydrogens is 561 g/mol. The van der Waals surface area contributed by atoms with Crippen LogP contribution in [0.15, 0.2) is 70.5 Å². The van der Waals surface area contributed by atoms with Crippen LogP contribution in [0, 0.1) is 13.7 Å². The van der Waals surface area contributed by atoms with Crippen LogP contribution < -0.4 is 0 Å². The van der Waals surface area contributed by atoms with E-state index in [0.717, 1.165) is 3.57 Å². The number of halogens is 1. The fraction of sp³-hybridized carbons (Fsp3) is 0.0526. The molecule has 0 aliphatic heterocycles. The van der Waals surface area contributed by atoms with E-state index >= 15 is 0 Å². The van der Waals surface area contributed by atoms with Gasteiger partial charge in [-0.05, 0) is 70.0 Å². The van der Waals surface area contributed by atoms with Gasteiger partial charge >= 0.3 is 0 Å². The van der Waals surface area contributed by atoms with Gasteiger partial charge in [-0.15, -0.1) is 0 Å². The zero-order valence-electron chi connectivity index (χ0n) is 15.5. The number of rotatable bonds is 6. The van der Waals surface area contributed by atoms with E-state index in [1.54, 1.807) is 24.3 Å². The molecule has 0 atom stereocenters. The highest BCUT2D eigenvalue weighted by Crippen LogP contribution is 2.34. The van der Waals surface area contributed by atoms with Gasteiger partial charge in [0, 0.05) is 21.3 Å². The number of nitro groups is 1. The van der Waals surface area contributed by atoms with Crippen molar-refractivity contribution < 1.29 is 30.9 Å². The van der Waals surface area contributed by atoms with Crippen LogP contribution in [0.25, 0.3) is 11.1 Å². The molecule has 0 amide bonds. The lowest BCUT2D eigenvalue weighted by atomic mass is 9.99. The maximum Gasteiger partial charge on any atom is 0.295 e. The van der Waals surface area contributed by atoms with Crippen LogP contribution in [0.2, 0.25) is 0 Å². The number of nitrogens with zero attached hydrogens (tertiary/aromatic N) is 1. The monoisotopic (exact) mass is 575 g/mol. The van der Waals surface area contributed by atoms with Crippen LogP contribution in [0.4, 0.5) is 5.69 Å². The third-order valence-electron chi connectivity index (χ3n) is 4.42. The summed E-state index contributed by atoms with van der Waals surface area (Å²) in [6.45, 7) is 0. The van der Waals surface area contributed by atoms with Crippen molar-refractivity contribution in [3.63, 3.8) is 0 Å². The van der Waals surface area contributed by atoms with Gasteiger partial charge < -0.3 is 0 Å². The summed E-state index contributed by atoms with van der Waals surface area (Å²) >= 11 is 2.06. The molecule has 3 rings (SSSR count).